The zero-order valence-corrected chi connectivity index (χ0v) is 13.8. The predicted molar refractivity (Wildman–Crippen MR) is 91.8 cm³/mol. The smallest absolute Gasteiger partial charge is 0.286 e. The van der Waals surface area contributed by atoms with Gasteiger partial charge in [-0.2, -0.15) is 0 Å². The van der Waals surface area contributed by atoms with E-state index in [0.717, 1.165) is 0 Å². The van der Waals surface area contributed by atoms with Crippen LogP contribution in [0.4, 0.5) is 9.52 Å². The molecular formula is C17H14FN3O3S. The maximum absolute atomic E-state index is 13.2. The van der Waals surface area contributed by atoms with Crippen LogP contribution in [0.5, 0.6) is 0 Å². The Morgan fingerprint density at radius 2 is 2.12 bits per heavy atom. The fraction of sp³-hybridized carbons (Fsp3) is 0.118. The summed E-state index contributed by atoms with van der Waals surface area (Å²) in [5.74, 6) is -0.802. The van der Waals surface area contributed by atoms with E-state index in [1.165, 1.54) is 29.7 Å². The topological polar surface area (TPSA) is 84.2 Å². The first-order valence-electron chi connectivity index (χ1n) is 7.45. The molecule has 0 atom stereocenters. The van der Waals surface area contributed by atoms with Gasteiger partial charge in [-0.1, -0.05) is 12.1 Å². The van der Waals surface area contributed by atoms with Gasteiger partial charge in [-0.15, -0.1) is 11.3 Å². The van der Waals surface area contributed by atoms with E-state index in [1.807, 2.05) is 0 Å². The van der Waals surface area contributed by atoms with Crippen LogP contribution in [0.15, 0.2) is 52.5 Å². The predicted octanol–water partition coefficient (Wildman–Crippen LogP) is 3.30. The molecule has 2 N–H and O–H groups in total. The number of carbonyl (C=O) groups is 2. The summed E-state index contributed by atoms with van der Waals surface area (Å²) >= 11 is 1.25. The van der Waals surface area contributed by atoms with Crippen molar-refractivity contribution in [3.63, 3.8) is 0 Å². The minimum Gasteiger partial charge on any atom is -0.459 e. The summed E-state index contributed by atoms with van der Waals surface area (Å²) in [6.07, 6.45) is 1.50. The number of anilines is 1. The highest BCUT2D eigenvalue weighted by molar-refractivity contribution is 7.14. The minimum absolute atomic E-state index is 0.0985. The molecule has 0 fully saturated rings. The van der Waals surface area contributed by atoms with Gasteiger partial charge in [0.15, 0.2) is 10.9 Å². The third-order valence-electron chi connectivity index (χ3n) is 3.25. The van der Waals surface area contributed by atoms with E-state index in [1.54, 1.807) is 29.6 Å². The van der Waals surface area contributed by atoms with Gasteiger partial charge in [0.1, 0.15) is 5.82 Å². The summed E-state index contributed by atoms with van der Waals surface area (Å²) in [6.45, 7) is 0.174. The van der Waals surface area contributed by atoms with Crippen molar-refractivity contribution >= 4 is 28.3 Å². The summed E-state index contributed by atoms with van der Waals surface area (Å²) < 4.78 is 18.2. The van der Waals surface area contributed by atoms with Crippen molar-refractivity contribution in [1.82, 2.24) is 10.3 Å². The Kier molecular flexibility index (Phi) is 5.20. The van der Waals surface area contributed by atoms with Crippen molar-refractivity contribution < 1.29 is 18.4 Å². The molecule has 0 bridgehead atoms. The van der Waals surface area contributed by atoms with Gasteiger partial charge < -0.3 is 15.1 Å². The molecule has 1 aromatic carbocycles. The summed E-state index contributed by atoms with van der Waals surface area (Å²) in [6, 6.07) is 9.23. The van der Waals surface area contributed by atoms with Crippen LogP contribution >= 0.6 is 11.3 Å². The van der Waals surface area contributed by atoms with Crippen LogP contribution < -0.4 is 10.6 Å². The van der Waals surface area contributed by atoms with E-state index in [9.17, 15) is 14.0 Å². The number of hydrogen-bond donors (Lipinski definition) is 2. The summed E-state index contributed by atoms with van der Waals surface area (Å²) in [7, 11) is 0. The van der Waals surface area contributed by atoms with Crippen molar-refractivity contribution in [1.29, 1.82) is 0 Å². The Balaban J connectivity index is 1.49. The number of thiazole rings is 1. The SMILES string of the molecule is O=C(CCNC(=O)c1ccco1)Nc1nc(-c2cccc(F)c2)cs1. The molecule has 0 radical (unpaired) electrons. The molecule has 0 saturated carbocycles. The maximum atomic E-state index is 13.2. The molecular weight excluding hydrogens is 345 g/mol. The number of furan rings is 1. The van der Waals surface area contributed by atoms with Crippen LogP contribution in [0.25, 0.3) is 11.3 Å². The molecule has 2 aromatic heterocycles. The van der Waals surface area contributed by atoms with Gasteiger partial charge in [-0.3, -0.25) is 9.59 Å². The molecule has 0 spiro atoms. The van der Waals surface area contributed by atoms with E-state index in [2.05, 4.69) is 15.6 Å². The van der Waals surface area contributed by atoms with Gasteiger partial charge in [-0.25, -0.2) is 9.37 Å². The van der Waals surface area contributed by atoms with Gasteiger partial charge in [-0.05, 0) is 24.3 Å². The van der Waals surface area contributed by atoms with Crippen molar-refractivity contribution in [2.24, 2.45) is 0 Å². The van der Waals surface area contributed by atoms with E-state index >= 15 is 0 Å². The van der Waals surface area contributed by atoms with Crippen LogP contribution in [0.2, 0.25) is 0 Å². The Bertz CT molecular complexity index is 877. The largest absolute Gasteiger partial charge is 0.459 e. The lowest BCUT2D eigenvalue weighted by atomic mass is 10.2. The van der Waals surface area contributed by atoms with E-state index in [0.29, 0.717) is 16.4 Å². The molecule has 3 aromatic rings. The Morgan fingerprint density at radius 3 is 2.88 bits per heavy atom. The number of hydrogen-bond acceptors (Lipinski definition) is 5. The molecule has 2 heterocycles. The highest BCUT2D eigenvalue weighted by Gasteiger charge is 2.11. The minimum atomic E-state index is -0.375. The fourth-order valence-corrected chi connectivity index (χ4v) is 2.81. The average Bonchev–Trinajstić information content (AvgIpc) is 3.26. The molecule has 0 aliphatic rings. The highest BCUT2D eigenvalue weighted by atomic mass is 32.1. The zero-order chi connectivity index (χ0) is 17.6. The second kappa shape index (κ2) is 7.71. The number of halogens is 1. The lowest BCUT2D eigenvalue weighted by Gasteiger charge is -2.03. The number of benzene rings is 1. The van der Waals surface area contributed by atoms with E-state index in [-0.39, 0.29) is 36.4 Å². The number of nitrogens with one attached hydrogen (secondary N) is 2. The first-order chi connectivity index (χ1) is 12.1. The molecule has 0 saturated heterocycles. The molecule has 128 valence electrons. The van der Waals surface area contributed by atoms with E-state index < -0.39 is 0 Å². The Labute approximate surface area is 146 Å². The van der Waals surface area contributed by atoms with Crippen LogP contribution in [-0.4, -0.2) is 23.3 Å². The van der Waals surface area contributed by atoms with Crippen LogP contribution in [0, 0.1) is 5.82 Å². The summed E-state index contributed by atoms with van der Waals surface area (Å²) in [4.78, 5) is 27.8. The lowest BCUT2D eigenvalue weighted by molar-refractivity contribution is -0.116. The molecule has 6 nitrogen and oxygen atoms in total. The lowest BCUT2D eigenvalue weighted by Crippen LogP contribution is -2.27. The monoisotopic (exact) mass is 359 g/mol. The Morgan fingerprint density at radius 1 is 1.24 bits per heavy atom. The van der Waals surface area contributed by atoms with Crippen molar-refractivity contribution in [3.8, 4) is 11.3 Å². The number of rotatable bonds is 6. The highest BCUT2D eigenvalue weighted by Crippen LogP contribution is 2.25. The number of amides is 2. The first-order valence-corrected chi connectivity index (χ1v) is 8.33. The van der Waals surface area contributed by atoms with Gasteiger partial charge in [0.2, 0.25) is 5.91 Å². The van der Waals surface area contributed by atoms with Gasteiger partial charge in [0, 0.05) is 23.9 Å². The van der Waals surface area contributed by atoms with Crippen molar-refractivity contribution in [2.45, 2.75) is 6.42 Å². The van der Waals surface area contributed by atoms with Crippen molar-refractivity contribution in [2.75, 3.05) is 11.9 Å². The number of aromatic nitrogens is 1. The zero-order valence-electron chi connectivity index (χ0n) is 13.0. The summed E-state index contributed by atoms with van der Waals surface area (Å²) in [5.41, 5.74) is 1.23. The van der Waals surface area contributed by atoms with Gasteiger partial charge in [0.25, 0.3) is 5.91 Å². The average molecular weight is 359 g/mol. The third-order valence-corrected chi connectivity index (χ3v) is 4.01. The number of carbonyl (C=O) groups excluding carboxylic acids is 2. The second-order valence-corrected chi connectivity index (χ2v) is 5.94. The fourth-order valence-electron chi connectivity index (χ4n) is 2.08. The van der Waals surface area contributed by atoms with Crippen molar-refractivity contribution in [3.05, 3.63) is 59.6 Å². The Hall–Kier alpha value is -3.00. The molecule has 25 heavy (non-hydrogen) atoms. The van der Waals surface area contributed by atoms with Gasteiger partial charge >= 0.3 is 0 Å². The van der Waals surface area contributed by atoms with E-state index in [4.69, 9.17) is 4.42 Å². The molecule has 0 aliphatic carbocycles. The van der Waals surface area contributed by atoms with Gasteiger partial charge in [0.05, 0.1) is 12.0 Å². The maximum Gasteiger partial charge on any atom is 0.286 e. The molecule has 2 amide bonds. The first kappa shape index (κ1) is 16.8. The van der Waals surface area contributed by atoms with Crippen LogP contribution in [0.1, 0.15) is 17.0 Å². The molecule has 0 aliphatic heterocycles. The van der Waals surface area contributed by atoms with Crippen LogP contribution in [0.3, 0.4) is 0 Å². The second-order valence-electron chi connectivity index (χ2n) is 5.08. The number of nitrogens with zero attached hydrogens (tertiary/aromatic N) is 1. The standard InChI is InChI=1S/C17H14FN3O3S/c18-12-4-1-3-11(9-12)13-10-25-17(20-13)21-15(22)6-7-19-16(23)14-5-2-8-24-14/h1-5,8-10H,6-7H2,(H,19,23)(H,20,21,22). The quantitative estimate of drug-likeness (QED) is 0.707. The molecule has 3 rings (SSSR count). The third kappa shape index (κ3) is 4.51. The normalized spacial score (nSPS) is 10.4. The molecule has 8 heteroatoms. The molecule has 0 unspecified atom stereocenters. The van der Waals surface area contributed by atoms with Crippen LogP contribution in [-0.2, 0) is 4.79 Å². The summed E-state index contributed by atoms with van der Waals surface area (Å²) in [5, 5.41) is 7.40.